The van der Waals surface area contributed by atoms with Crippen LogP contribution in [-0.4, -0.2) is 18.0 Å². The van der Waals surface area contributed by atoms with E-state index in [1.807, 2.05) is 36.4 Å². The Bertz CT molecular complexity index is 701. The minimum atomic E-state index is 0.0713. The molecule has 4 heteroatoms. The lowest BCUT2D eigenvalue weighted by molar-refractivity contribution is 0.168. The van der Waals surface area contributed by atoms with E-state index in [-0.39, 0.29) is 12.0 Å². The normalized spacial score (nSPS) is 17.6. The third-order valence-corrected chi connectivity index (χ3v) is 5.30. The van der Waals surface area contributed by atoms with Crippen molar-refractivity contribution in [2.75, 3.05) is 13.1 Å². The van der Waals surface area contributed by atoms with Crippen LogP contribution in [0.25, 0.3) is 0 Å². The molecular weight excluding hydrogens is 327 g/mol. The molecule has 0 aliphatic carbocycles. The first-order valence-electron chi connectivity index (χ1n) is 7.83. The van der Waals surface area contributed by atoms with Crippen LogP contribution in [0.15, 0.2) is 48.5 Å². The van der Waals surface area contributed by atoms with Crippen molar-refractivity contribution in [3.8, 4) is 6.07 Å². The molecule has 1 aliphatic rings. The fourth-order valence-corrected chi connectivity index (χ4v) is 3.65. The summed E-state index contributed by atoms with van der Waals surface area (Å²) in [5, 5.41) is 10.3. The molecule has 118 valence electrons. The molecule has 1 unspecified atom stereocenters. The van der Waals surface area contributed by atoms with Gasteiger partial charge in [0.05, 0.1) is 22.2 Å². The molecule has 0 bridgehead atoms. The first-order valence-corrected chi connectivity index (χ1v) is 8.59. The molecule has 1 atom stereocenters. The molecular formula is C19H18Cl2N2. The van der Waals surface area contributed by atoms with Crippen LogP contribution in [0.3, 0.4) is 0 Å². The Morgan fingerprint density at radius 2 is 1.70 bits per heavy atom. The van der Waals surface area contributed by atoms with Crippen molar-refractivity contribution in [1.29, 1.82) is 5.26 Å². The largest absolute Gasteiger partial charge is 0.292 e. The van der Waals surface area contributed by atoms with Gasteiger partial charge in [0.1, 0.15) is 0 Å². The van der Waals surface area contributed by atoms with Gasteiger partial charge >= 0.3 is 0 Å². The molecule has 0 aromatic heterocycles. The number of halogens is 2. The Morgan fingerprint density at radius 1 is 1.00 bits per heavy atom. The molecule has 0 radical (unpaired) electrons. The molecule has 0 spiro atoms. The van der Waals surface area contributed by atoms with Gasteiger partial charge in [0.25, 0.3) is 0 Å². The van der Waals surface area contributed by atoms with Crippen LogP contribution < -0.4 is 0 Å². The summed E-state index contributed by atoms with van der Waals surface area (Å²) in [6.07, 6.45) is 1.80. The molecule has 2 aromatic rings. The summed E-state index contributed by atoms with van der Waals surface area (Å²) < 4.78 is 0. The van der Waals surface area contributed by atoms with E-state index in [0.717, 1.165) is 31.5 Å². The van der Waals surface area contributed by atoms with Crippen LogP contribution in [0.1, 0.15) is 30.0 Å². The zero-order chi connectivity index (χ0) is 16.2. The number of nitrogens with zero attached hydrogens (tertiary/aromatic N) is 2. The fourth-order valence-electron chi connectivity index (χ4n) is 3.24. The smallest absolute Gasteiger partial charge is 0.0656 e. The van der Waals surface area contributed by atoms with E-state index < -0.39 is 0 Å². The summed E-state index contributed by atoms with van der Waals surface area (Å²) in [7, 11) is 0. The van der Waals surface area contributed by atoms with E-state index >= 15 is 0 Å². The highest BCUT2D eigenvalue weighted by atomic mass is 35.5. The van der Waals surface area contributed by atoms with E-state index in [2.05, 4.69) is 23.1 Å². The van der Waals surface area contributed by atoms with Crippen LogP contribution in [0.4, 0.5) is 0 Å². The molecule has 1 fully saturated rings. The van der Waals surface area contributed by atoms with Gasteiger partial charge in [0.15, 0.2) is 0 Å². The monoisotopic (exact) mass is 344 g/mol. The summed E-state index contributed by atoms with van der Waals surface area (Å²) in [4.78, 5) is 2.40. The van der Waals surface area contributed by atoms with Crippen LogP contribution in [0.2, 0.25) is 10.0 Å². The van der Waals surface area contributed by atoms with E-state index in [9.17, 15) is 0 Å². The number of hydrogen-bond donors (Lipinski definition) is 0. The zero-order valence-electron chi connectivity index (χ0n) is 12.8. The molecule has 1 aliphatic heterocycles. The summed E-state index contributed by atoms with van der Waals surface area (Å²) in [5.41, 5.74) is 2.23. The first kappa shape index (κ1) is 16.3. The topological polar surface area (TPSA) is 27.0 Å². The van der Waals surface area contributed by atoms with E-state index in [4.69, 9.17) is 28.5 Å². The molecule has 0 N–H and O–H groups in total. The molecule has 1 saturated heterocycles. The number of benzene rings is 2. The highest BCUT2D eigenvalue weighted by molar-refractivity contribution is 6.42. The maximum Gasteiger partial charge on any atom is 0.0656 e. The molecule has 23 heavy (non-hydrogen) atoms. The quantitative estimate of drug-likeness (QED) is 0.753. The predicted molar refractivity (Wildman–Crippen MR) is 94.7 cm³/mol. The Morgan fingerprint density at radius 3 is 2.35 bits per heavy atom. The van der Waals surface area contributed by atoms with Gasteiger partial charge in [0, 0.05) is 19.0 Å². The second-order valence-corrected chi connectivity index (χ2v) is 6.68. The lowest BCUT2D eigenvalue weighted by Gasteiger charge is -2.37. The Balaban J connectivity index is 1.99. The summed E-state index contributed by atoms with van der Waals surface area (Å²) in [6, 6.07) is 18.6. The second-order valence-electron chi connectivity index (χ2n) is 5.90. The molecule has 3 rings (SSSR count). The first-order chi connectivity index (χ1) is 11.2. The average Bonchev–Trinajstić information content (AvgIpc) is 2.60. The summed E-state index contributed by atoms with van der Waals surface area (Å²) in [6.45, 7) is 1.78. The molecule has 0 amide bonds. The van der Waals surface area contributed by atoms with Gasteiger partial charge in [0.2, 0.25) is 0 Å². The van der Waals surface area contributed by atoms with Crippen molar-refractivity contribution in [2.24, 2.45) is 5.92 Å². The Labute approximate surface area is 147 Å². The van der Waals surface area contributed by atoms with Gasteiger partial charge in [-0.15, -0.1) is 0 Å². The maximum absolute atomic E-state index is 9.12. The standard InChI is InChI=1S/C19H18Cl2N2/c20-17-8-4-7-16(18(17)21)19(15-5-2-1-3-6-15)23-11-9-14(13-22)10-12-23/h1-8,14,19H,9-12H2. The van der Waals surface area contributed by atoms with Crippen molar-refractivity contribution < 1.29 is 0 Å². The number of rotatable bonds is 3. The number of hydrogen-bond acceptors (Lipinski definition) is 2. The van der Waals surface area contributed by atoms with Crippen LogP contribution >= 0.6 is 23.2 Å². The van der Waals surface area contributed by atoms with Gasteiger partial charge in [-0.3, -0.25) is 4.90 Å². The average molecular weight is 345 g/mol. The van der Waals surface area contributed by atoms with Gasteiger partial charge in [-0.05, 0) is 30.0 Å². The lowest BCUT2D eigenvalue weighted by Crippen LogP contribution is -2.37. The van der Waals surface area contributed by atoms with Gasteiger partial charge < -0.3 is 0 Å². The minimum Gasteiger partial charge on any atom is -0.292 e. The predicted octanol–water partition coefficient (Wildman–Crippen LogP) is 5.32. The van der Waals surface area contributed by atoms with Gasteiger partial charge in [-0.1, -0.05) is 65.7 Å². The highest BCUT2D eigenvalue weighted by Crippen LogP contribution is 2.38. The van der Waals surface area contributed by atoms with Gasteiger partial charge in [-0.25, -0.2) is 0 Å². The fraction of sp³-hybridized carbons (Fsp3) is 0.316. The number of likely N-dealkylation sites (tertiary alicyclic amines) is 1. The van der Waals surface area contributed by atoms with Crippen LogP contribution in [0, 0.1) is 17.2 Å². The van der Waals surface area contributed by atoms with Crippen molar-refractivity contribution in [2.45, 2.75) is 18.9 Å². The highest BCUT2D eigenvalue weighted by Gasteiger charge is 2.28. The third-order valence-electron chi connectivity index (χ3n) is 4.47. The second kappa shape index (κ2) is 7.36. The molecule has 0 saturated carbocycles. The third kappa shape index (κ3) is 3.53. The van der Waals surface area contributed by atoms with Crippen molar-refractivity contribution in [1.82, 2.24) is 4.90 Å². The maximum atomic E-state index is 9.12. The van der Waals surface area contributed by atoms with E-state index in [1.54, 1.807) is 0 Å². The van der Waals surface area contributed by atoms with Crippen molar-refractivity contribution in [3.05, 3.63) is 69.7 Å². The lowest BCUT2D eigenvalue weighted by atomic mass is 9.92. The Kier molecular flexibility index (Phi) is 5.23. The SMILES string of the molecule is N#CC1CCN(C(c2ccccc2)c2cccc(Cl)c2Cl)CC1. The van der Waals surface area contributed by atoms with Crippen molar-refractivity contribution >= 4 is 23.2 Å². The number of piperidine rings is 1. The molecule has 2 aromatic carbocycles. The summed E-state index contributed by atoms with van der Waals surface area (Å²) in [5.74, 6) is 0.164. The van der Waals surface area contributed by atoms with Crippen molar-refractivity contribution in [3.63, 3.8) is 0 Å². The van der Waals surface area contributed by atoms with E-state index in [0.29, 0.717) is 10.0 Å². The number of nitriles is 1. The van der Waals surface area contributed by atoms with E-state index in [1.165, 1.54) is 5.56 Å². The van der Waals surface area contributed by atoms with Gasteiger partial charge in [-0.2, -0.15) is 5.26 Å². The Hall–Kier alpha value is -1.53. The zero-order valence-corrected chi connectivity index (χ0v) is 14.3. The molecule has 2 nitrogen and oxygen atoms in total. The summed E-state index contributed by atoms with van der Waals surface area (Å²) >= 11 is 12.7. The van der Waals surface area contributed by atoms with Crippen LogP contribution in [0.5, 0.6) is 0 Å². The molecule has 1 heterocycles. The minimum absolute atomic E-state index is 0.0713. The van der Waals surface area contributed by atoms with Crippen LogP contribution in [-0.2, 0) is 0 Å².